The van der Waals surface area contributed by atoms with Gasteiger partial charge in [0, 0.05) is 5.56 Å². The van der Waals surface area contributed by atoms with Gasteiger partial charge in [-0.3, -0.25) is 0 Å². The van der Waals surface area contributed by atoms with Gasteiger partial charge in [-0.25, -0.2) is 0 Å². The minimum Gasteiger partial charge on any atom is -0.485 e. The van der Waals surface area contributed by atoms with Crippen LogP contribution in [-0.4, -0.2) is 29.6 Å². The first-order chi connectivity index (χ1) is 9.10. The molecule has 0 saturated heterocycles. The molecule has 7 heteroatoms. The monoisotopic (exact) mass is 291 g/mol. The lowest BCUT2D eigenvalue weighted by molar-refractivity contribution is -0.153. The average molecular weight is 291 g/mol. The third-order valence-electron chi connectivity index (χ3n) is 3.17. The highest BCUT2D eigenvalue weighted by atomic mass is 19.4. The molecule has 0 unspecified atom stereocenters. The van der Waals surface area contributed by atoms with E-state index in [1.54, 1.807) is 13.8 Å². The van der Waals surface area contributed by atoms with Crippen molar-refractivity contribution in [1.82, 2.24) is 0 Å². The quantitative estimate of drug-likeness (QED) is 0.876. The summed E-state index contributed by atoms with van der Waals surface area (Å²) in [6.45, 7) is 2.00. The summed E-state index contributed by atoms with van der Waals surface area (Å²) in [5, 5.41) is 10.0. The maximum Gasteiger partial charge on any atom is 0.422 e. The van der Waals surface area contributed by atoms with Crippen molar-refractivity contribution in [3.8, 4) is 11.5 Å². The van der Waals surface area contributed by atoms with Crippen LogP contribution in [0.3, 0.4) is 0 Å². The molecule has 0 spiro atoms. The van der Waals surface area contributed by atoms with Crippen LogP contribution >= 0.6 is 0 Å². The molecule has 3 N–H and O–H groups in total. The number of aliphatic hydroxyl groups excluding tert-OH is 1. The zero-order valence-electron chi connectivity index (χ0n) is 11.1. The van der Waals surface area contributed by atoms with E-state index in [0.29, 0.717) is 11.3 Å². The van der Waals surface area contributed by atoms with Crippen molar-refractivity contribution < 1.29 is 27.8 Å². The summed E-state index contributed by atoms with van der Waals surface area (Å²) in [6, 6.07) is 3.49. The van der Waals surface area contributed by atoms with Crippen molar-refractivity contribution in [3.63, 3.8) is 0 Å². The summed E-state index contributed by atoms with van der Waals surface area (Å²) in [5.41, 5.74) is 5.48. The lowest BCUT2D eigenvalue weighted by Gasteiger charge is -2.40. The Morgan fingerprint density at radius 2 is 2.05 bits per heavy atom. The van der Waals surface area contributed by atoms with Crippen LogP contribution < -0.4 is 15.2 Å². The van der Waals surface area contributed by atoms with Gasteiger partial charge < -0.3 is 20.3 Å². The normalized spacial score (nSPS) is 24.8. The van der Waals surface area contributed by atoms with Crippen LogP contribution in [0.5, 0.6) is 11.5 Å². The second kappa shape index (κ2) is 4.82. The zero-order chi connectivity index (χ0) is 15.1. The van der Waals surface area contributed by atoms with Gasteiger partial charge in [0.2, 0.25) is 0 Å². The summed E-state index contributed by atoms with van der Waals surface area (Å²) in [6.07, 6.45) is -5.37. The van der Waals surface area contributed by atoms with E-state index in [2.05, 4.69) is 4.74 Å². The molecular weight excluding hydrogens is 275 g/mol. The fourth-order valence-electron chi connectivity index (χ4n) is 2.08. The Balaban J connectivity index is 2.24. The van der Waals surface area contributed by atoms with Crippen molar-refractivity contribution in [2.75, 3.05) is 6.61 Å². The van der Waals surface area contributed by atoms with Crippen LogP contribution in [0, 0.1) is 0 Å². The van der Waals surface area contributed by atoms with Crippen LogP contribution in [0.2, 0.25) is 0 Å². The second-order valence-electron chi connectivity index (χ2n) is 5.28. The van der Waals surface area contributed by atoms with Gasteiger partial charge in [0.25, 0.3) is 0 Å². The Morgan fingerprint density at radius 1 is 1.40 bits per heavy atom. The first-order valence-corrected chi connectivity index (χ1v) is 6.06. The highest BCUT2D eigenvalue weighted by Crippen LogP contribution is 2.40. The van der Waals surface area contributed by atoms with Gasteiger partial charge >= 0.3 is 6.18 Å². The zero-order valence-corrected chi connectivity index (χ0v) is 11.1. The first kappa shape index (κ1) is 14.9. The molecule has 1 aliphatic rings. The molecular formula is C13H16F3NO3. The van der Waals surface area contributed by atoms with Crippen molar-refractivity contribution in [2.24, 2.45) is 5.73 Å². The second-order valence-corrected chi connectivity index (χ2v) is 5.28. The van der Waals surface area contributed by atoms with Crippen LogP contribution in [0.25, 0.3) is 0 Å². The molecule has 0 fully saturated rings. The number of halogens is 3. The van der Waals surface area contributed by atoms with E-state index in [1.807, 2.05) is 0 Å². The number of hydrogen-bond acceptors (Lipinski definition) is 4. The molecule has 0 aliphatic carbocycles. The molecule has 1 aliphatic heterocycles. The molecule has 0 bridgehead atoms. The predicted molar refractivity (Wildman–Crippen MR) is 65.6 cm³/mol. The van der Waals surface area contributed by atoms with Gasteiger partial charge in [0.15, 0.2) is 6.61 Å². The van der Waals surface area contributed by atoms with E-state index >= 15 is 0 Å². The van der Waals surface area contributed by atoms with Crippen molar-refractivity contribution in [3.05, 3.63) is 23.8 Å². The highest BCUT2D eigenvalue weighted by Gasteiger charge is 2.41. The Morgan fingerprint density at radius 3 is 2.65 bits per heavy atom. The van der Waals surface area contributed by atoms with Crippen LogP contribution in [0.15, 0.2) is 18.2 Å². The number of fused-ring (bicyclic) bond motifs is 1. The van der Waals surface area contributed by atoms with Gasteiger partial charge in [0.05, 0.1) is 6.04 Å². The fourth-order valence-corrected chi connectivity index (χ4v) is 2.08. The molecule has 0 radical (unpaired) electrons. The Kier molecular flexibility index (Phi) is 3.60. The topological polar surface area (TPSA) is 64.7 Å². The summed E-state index contributed by atoms with van der Waals surface area (Å²) in [7, 11) is 0. The summed E-state index contributed by atoms with van der Waals surface area (Å²) in [4.78, 5) is 0. The van der Waals surface area contributed by atoms with Gasteiger partial charge in [-0.2, -0.15) is 13.2 Å². The number of ether oxygens (including phenoxy) is 2. The lowest BCUT2D eigenvalue weighted by atomic mass is 9.87. The number of alkyl halides is 3. The Labute approximate surface area is 114 Å². The van der Waals surface area contributed by atoms with E-state index in [9.17, 15) is 18.3 Å². The largest absolute Gasteiger partial charge is 0.485 e. The first-order valence-electron chi connectivity index (χ1n) is 6.06. The summed E-state index contributed by atoms with van der Waals surface area (Å²) >= 11 is 0. The van der Waals surface area contributed by atoms with E-state index in [4.69, 9.17) is 10.5 Å². The molecule has 1 aromatic rings. The SMILES string of the molecule is CC1(C)Oc2ccc(OCC(F)(F)F)cc2[C@H](N)[C@H]1O. The predicted octanol–water partition coefficient (Wildman–Crippen LogP) is 2.16. The maximum atomic E-state index is 12.1. The number of hydrogen-bond donors (Lipinski definition) is 2. The number of benzene rings is 1. The van der Waals surface area contributed by atoms with Gasteiger partial charge in [-0.1, -0.05) is 0 Å². The van der Waals surface area contributed by atoms with Crippen LogP contribution in [0.4, 0.5) is 13.2 Å². The molecule has 2 atom stereocenters. The summed E-state index contributed by atoms with van der Waals surface area (Å²) in [5.74, 6) is 0.471. The summed E-state index contributed by atoms with van der Waals surface area (Å²) < 4.78 is 46.6. The van der Waals surface area contributed by atoms with Crippen molar-refractivity contribution in [1.29, 1.82) is 0 Å². The molecule has 0 aromatic heterocycles. The van der Waals surface area contributed by atoms with Crippen molar-refractivity contribution in [2.45, 2.75) is 37.8 Å². The molecule has 20 heavy (non-hydrogen) atoms. The standard InChI is InChI=1S/C13H16F3NO3/c1-12(2)11(18)10(17)8-5-7(3-4-9(8)20-12)19-6-13(14,15)16/h3-5,10-11,18H,6,17H2,1-2H3/t10-,11+/m0/s1. The van der Waals surface area contributed by atoms with Gasteiger partial charge in [-0.15, -0.1) is 0 Å². The molecule has 0 saturated carbocycles. The van der Waals surface area contributed by atoms with E-state index in [0.717, 1.165) is 0 Å². The minimum absolute atomic E-state index is 0.0343. The minimum atomic E-state index is -4.41. The average Bonchev–Trinajstić information content (AvgIpc) is 2.33. The van der Waals surface area contributed by atoms with Gasteiger partial charge in [0.1, 0.15) is 23.2 Å². The molecule has 4 nitrogen and oxygen atoms in total. The van der Waals surface area contributed by atoms with Crippen molar-refractivity contribution >= 4 is 0 Å². The molecule has 0 amide bonds. The maximum absolute atomic E-state index is 12.1. The smallest absolute Gasteiger partial charge is 0.422 e. The molecule has 112 valence electrons. The number of rotatable bonds is 2. The molecule has 2 rings (SSSR count). The number of nitrogens with two attached hydrogens (primary N) is 1. The van der Waals surface area contributed by atoms with Crippen LogP contribution in [-0.2, 0) is 0 Å². The van der Waals surface area contributed by atoms with E-state index in [1.165, 1.54) is 18.2 Å². The number of aliphatic hydroxyl groups is 1. The molecule has 1 heterocycles. The van der Waals surface area contributed by atoms with Crippen LogP contribution in [0.1, 0.15) is 25.5 Å². The van der Waals surface area contributed by atoms with Gasteiger partial charge in [-0.05, 0) is 32.0 Å². The fraction of sp³-hybridized carbons (Fsp3) is 0.538. The Hall–Kier alpha value is -1.47. The van der Waals surface area contributed by atoms with E-state index in [-0.39, 0.29) is 5.75 Å². The third-order valence-corrected chi connectivity index (χ3v) is 3.17. The van der Waals surface area contributed by atoms with E-state index < -0.39 is 30.5 Å². The third kappa shape index (κ3) is 2.99. The lowest BCUT2D eigenvalue weighted by Crippen LogP contribution is -2.51. The Bertz CT molecular complexity index is 502. The molecule has 1 aromatic carbocycles. The highest BCUT2D eigenvalue weighted by molar-refractivity contribution is 5.45.